The van der Waals surface area contributed by atoms with Crippen LogP contribution in [-0.4, -0.2) is 55.9 Å². The van der Waals surface area contributed by atoms with Crippen LogP contribution in [0.25, 0.3) is 0 Å². The van der Waals surface area contributed by atoms with Crippen molar-refractivity contribution in [3.8, 4) is 0 Å². The smallest absolute Gasteiger partial charge is 0.328 e. The van der Waals surface area contributed by atoms with E-state index in [0.717, 1.165) is 0 Å². The van der Waals surface area contributed by atoms with Crippen LogP contribution in [0.1, 0.15) is 18.4 Å². The van der Waals surface area contributed by atoms with Crippen LogP contribution in [0.2, 0.25) is 0 Å². The molecule has 0 aliphatic heterocycles. The van der Waals surface area contributed by atoms with Crippen molar-refractivity contribution >= 4 is 21.9 Å². The van der Waals surface area contributed by atoms with Crippen LogP contribution < -0.4 is 10.0 Å². The van der Waals surface area contributed by atoms with E-state index in [1.165, 1.54) is 26.8 Å². The second-order valence-corrected chi connectivity index (χ2v) is 6.87. The molecule has 0 saturated heterocycles. The minimum absolute atomic E-state index is 0.0823. The highest BCUT2D eigenvalue weighted by atomic mass is 32.2. The molecule has 3 N–H and O–H groups in total. The van der Waals surface area contributed by atoms with Crippen LogP contribution in [0.4, 0.5) is 0 Å². The minimum Gasteiger partial charge on any atom is -0.480 e. The van der Waals surface area contributed by atoms with Gasteiger partial charge in [-0.2, -0.15) is 4.72 Å². The van der Waals surface area contributed by atoms with Crippen molar-refractivity contribution in [2.75, 3.05) is 13.2 Å². The zero-order valence-corrected chi connectivity index (χ0v) is 14.9. The van der Waals surface area contributed by atoms with Gasteiger partial charge in [-0.25, -0.2) is 13.2 Å². The maximum Gasteiger partial charge on any atom is 0.328 e. The lowest BCUT2D eigenvalue weighted by Crippen LogP contribution is -2.51. The normalized spacial score (nSPS) is 13.9. The second kappa shape index (κ2) is 8.74. The van der Waals surface area contributed by atoms with E-state index >= 15 is 0 Å². The number of nitrogens with one attached hydrogen (secondary N) is 2. The van der Waals surface area contributed by atoms with Gasteiger partial charge < -0.3 is 19.7 Å². The van der Waals surface area contributed by atoms with Crippen LogP contribution in [0.5, 0.6) is 0 Å². The molecule has 0 fully saturated rings. The molecule has 0 radical (unpaired) electrons. The summed E-state index contributed by atoms with van der Waals surface area (Å²) in [5.41, 5.74) is 0.152. The molecule has 1 amide bonds. The average Bonchev–Trinajstić information content (AvgIpc) is 2.85. The number of carboxylic acid groups (broad SMARTS) is 1. The number of ether oxygens (including phenoxy) is 1. The summed E-state index contributed by atoms with van der Waals surface area (Å²) >= 11 is 0. The number of aryl methyl sites for hydroxylation is 2. The predicted octanol–water partition coefficient (Wildman–Crippen LogP) is -0.270. The first-order chi connectivity index (χ1) is 11.6. The van der Waals surface area contributed by atoms with Crippen molar-refractivity contribution in [1.29, 1.82) is 0 Å². The number of amides is 1. The Morgan fingerprint density at radius 1 is 1.44 bits per heavy atom. The third-order valence-electron chi connectivity index (χ3n) is 3.10. The van der Waals surface area contributed by atoms with E-state index in [1.807, 2.05) is 0 Å². The number of carbonyl (C=O) groups excluding carboxylic acids is 1. The van der Waals surface area contributed by atoms with Crippen molar-refractivity contribution in [1.82, 2.24) is 15.2 Å². The van der Waals surface area contributed by atoms with Crippen LogP contribution in [-0.2, 0) is 24.3 Å². The molecule has 0 spiro atoms. The molecule has 25 heavy (non-hydrogen) atoms. The SMILES string of the molecule is C=CCOCC(NC(=O)C(C)NS(=O)(=O)c1c(C)noc1C)C(=O)O. The molecule has 1 aromatic rings. The average molecular weight is 375 g/mol. The first kappa shape index (κ1) is 20.8. The Balaban J connectivity index is 2.78. The molecule has 140 valence electrons. The fraction of sp³-hybridized carbons (Fsp3) is 0.500. The van der Waals surface area contributed by atoms with Gasteiger partial charge in [0.15, 0.2) is 11.8 Å². The van der Waals surface area contributed by atoms with E-state index < -0.39 is 34.0 Å². The maximum absolute atomic E-state index is 12.3. The number of sulfonamides is 1. The Morgan fingerprint density at radius 3 is 2.56 bits per heavy atom. The van der Waals surface area contributed by atoms with Crippen molar-refractivity contribution in [3.05, 3.63) is 24.1 Å². The van der Waals surface area contributed by atoms with Gasteiger partial charge in [0, 0.05) is 0 Å². The van der Waals surface area contributed by atoms with E-state index in [-0.39, 0.29) is 29.6 Å². The van der Waals surface area contributed by atoms with Gasteiger partial charge in [-0.15, -0.1) is 6.58 Å². The van der Waals surface area contributed by atoms with Crippen molar-refractivity contribution in [2.24, 2.45) is 0 Å². The Morgan fingerprint density at radius 2 is 2.08 bits per heavy atom. The predicted molar refractivity (Wildman–Crippen MR) is 86.3 cm³/mol. The van der Waals surface area contributed by atoms with Crippen LogP contribution >= 0.6 is 0 Å². The third kappa shape index (κ3) is 5.66. The van der Waals surface area contributed by atoms with Crippen LogP contribution in [0.3, 0.4) is 0 Å². The quantitative estimate of drug-likeness (QED) is 0.374. The molecule has 1 aromatic heterocycles. The van der Waals surface area contributed by atoms with Crippen LogP contribution in [0.15, 0.2) is 22.1 Å². The summed E-state index contributed by atoms with van der Waals surface area (Å²) in [6.07, 6.45) is 1.43. The van der Waals surface area contributed by atoms with Gasteiger partial charge in [0.05, 0.1) is 19.3 Å². The van der Waals surface area contributed by atoms with Crippen molar-refractivity contribution < 1.29 is 32.4 Å². The monoisotopic (exact) mass is 375 g/mol. The molecule has 0 bridgehead atoms. The molecule has 2 atom stereocenters. The molecule has 10 nitrogen and oxygen atoms in total. The lowest BCUT2D eigenvalue weighted by molar-refractivity contribution is -0.143. The molecule has 1 rings (SSSR count). The number of rotatable bonds is 10. The lowest BCUT2D eigenvalue weighted by Gasteiger charge is -2.18. The Hall–Kier alpha value is -2.24. The van der Waals surface area contributed by atoms with Gasteiger partial charge in [0.2, 0.25) is 15.9 Å². The zero-order valence-electron chi connectivity index (χ0n) is 14.1. The molecule has 11 heteroatoms. The highest BCUT2D eigenvalue weighted by Crippen LogP contribution is 2.18. The van der Waals surface area contributed by atoms with E-state index in [1.54, 1.807) is 0 Å². The van der Waals surface area contributed by atoms with Crippen molar-refractivity contribution in [3.63, 3.8) is 0 Å². The first-order valence-corrected chi connectivity index (χ1v) is 8.75. The van der Waals surface area contributed by atoms with Gasteiger partial charge in [-0.3, -0.25) is 4.79 Å². The van der Waals surface area contributed by atoms with Crippen LogP contribution in [0, 0.1) is 13.8 Å². The van der Waals surface area contributed by atoms with Gasteiger partial charge >= 0.3 is 5.97 Å². The van der Waals surface area contributed by atoms with E-state index in [2.05, 4.69) is 21.8 Å². The highest BCUT2D eigenvalue weighted by Gasteiger charge is 2.30. The number of carbonyl (C=O) groups is 2. The summed E-state index contributed by atoms with van der Waals surface area (Å²) in [4.78, 5) is 23.1. The molecule has 0 aromatic carbocycles. The van der Waals surface area contributed by atoms with Gasteiger partial charge in [-0.1, -0.05) is 11.2 Å². The number of nitrogens with zero attached hydrogens (tertiary/aromatic N) is 1. The second-order valence-electron chi connectivity index (χ2n) is 5.22. The third-order valence-corrected chi connectivity index (χ3v) is 4.88. The van der Waals surface area contributed by atoms with E-state index in [4.69, 9.17) is 14.4 Å². The molecular formula is C14H21N3O7S. The standard InChI is InChI=1S/C14H21N3O7S/c1-5-6-23-7-11(14(19)20)15-13(18)9(3)17-25(21,22)12-8(2)16-24-10(12)4/h5,9,11,17H,1,6-7H2,2-4H3,(H,15,18)(H,19,20). The summed E-state index contributed by atoms with van der Waals surface area (Å²) in [5.74, 6) is -2.04. The number of aromatic nitrogens is 1. The molecular weight excluding hydrogens is 354 g/mol. The maximum atomic E-state index is 12.3. The summed E-state index contributed by atoms with van der Waals surface area (Å²) in [6, 6.07) is -2.54. The largest absolute Gasteiger partial charge is 0.480 e. The van der Waals surface area contributed by atoms with Crippen molar-refractivity contribution in [2.45, 2.75) is 37.8 Å². The van der Waals surface area contributed by atoms with E-state index in [9.17, 15) is 18.0 Å². The molecule has 1 heterocycles. The Kier molecular flexibility index (Phi) is 7.27. The Bertz CT molecular complexity index is 722. The highest BCUT2D eigenvalue weighted by molar-refractivity contribution is 7.89. The lowest BCUT2D eigenvalue weighted by atomic mass is 10.2. The van der Waals surface area contributed by atoms with Gasteiger partial charge in [-0.05, 0) is 20.8 Å². The number of carboxylic acids is 1. The fourth-order valence-corrected chi connectivity index (χ4v) is 3.48. The van der Waals surface area contributed by atoms with Gasteiger partial charge in [0.25, 0.3) is 0 Å². The molecule has 2 unspecified atom stereocenters. The number of aliphatic carboxylic acids is 1. The first-order valence-electron chi connectivity index (χ1n) is 7.27. The number of hydrogen-bond donors (Lipinski definition) is 3. The molecule has 0 aliphatic rings. The molecule has 0 saturated carbocycles. The van der Waals surface area contributed by atoms with E-state index in [0.29, 0.717) is 0 Å². The van der Waals surface area contributed by atoms with Gasteiger partial charge in [0.1, 0.15) is 10.6 Å². The zero-order chi connectivity index (χ0) is 19.2. The summed E-state index contributed by atoms with van der Waals surface area (Å²) < 4.78 is 36.6. The molecule has 0 aliphatic carbocycles. The topological polar surface area (TPSA) is 148 Å². The summed E-state index contributed by atoms with van der Waals surface area (Å²) in [7, 11) is -4.06. The Labute approximate surface area is 145 Å². The minimum atomic E-state index is -4.06. The number of hydrogen-bond acceptors (Lipinski definition) is 7. The fourth-order valence-electron chi connectivity index (χ4n) is 1.94. The summed E-state index contributed by atoms with van der Waals surface area (Å²) in [6.45, 7) is 7.42. The summed E-state index contributed by atoms with van der Waals surface area (Å²) in [5, 5.41) is 14.8.